The molecule has 1 aromatic rings. The fourth-order valence-electron chi connectivity index (χ4n) is 2.49. The van der Waals surface area contributed by atoms with Gasteiger partial charge in [0.15, 0.2) is 0 Å². The first-order chi connectivity index (χ1) is 9.52. The number of thiophene rings is 1. The summed E-state index contributed by atoms with van der Waals surface area (Å²) in [5, 5.41) is 3.40. The van der Waals surface area contributed by atoms with Gasteiger partial charge in [-0.3, -0.25) is 4.79 Å². The second-order valence-electron chi connectivity index (χ2n) is 5.01. The van der Waals surface area contributed by atoms with Crippen LogP contribution in [0.1, 0.15) is 41.4 Å². The molecule has 20 heavy (non-hydrogen) atoms. The van der Waals surface area contributed by atoms with E-state index in [9.17, 15) is 9.59 Å². The van der Waals surface area contributed by atoms with Crippen LogP contribution < -0.4 is 11.1 Å². The van der Waals surface area contributed by atoms with E-state index in [1.807, 2.05) is 6.92 Å². The molecule has 1 amide bonds. The number of hydrogen-bond acceptors (Lipinski definition) is 5. The summed E-state index contributed by atoms with van der Waals surface area (Å²) >= 11 is 1.38. The lowest BCUT2D eigenvalue weighted by Crippen LogP contribution is -2.34. The Morgan fingerprint density at radius 2 is 2.25 bits per heavy atom. The molecule has 2 rings (SSSR count). The van der Waals surface area contributed by atoms with Crippen molar-refractivity contribution in [1.82, 2.24) is 0 Å². The van der Waals surface area contributed by atoms with E-state index in [1.54, 1.807) is 13.0 Å². The Bertz CT molecular complexity index is 513. The fourth-order valence-corrected chi connectivity index (χ4v) is 3.39. The van der Waals surface area contributed by atoms with E-state index >= 15 is 0 Å². The zero-order chi connectivity index (χ0) is 14.7. The van der Waals surface area contributed by atoms with Crippen molar-refractivity contribution >= 4 is 28.2 Å². The average molecular weight is 296 g/mol. The lowest BCUT2D eigenvalue weighted by atomic mass is 10.0. The van der Waals surface area contributed by atoms with Gasteiger partial charge in [0.2, 0.25) is 5.91 Å². The molecule has 2 atom stereocenters. The first kappa shape index (κ1) is 15.0. The van der Waals surface area contributed by atoms with Gasteiger partial charge >= 0.3 is 5.97 Å². The highest BCUT2D eigenvalue weighted by molar-refractivity contribution is 7.16. The maximum Gasteiger partial charge on any atom is 0.341 e. The molecule has 0 radical (unpaired) electrons. The number of ether oxygens (including phenoxy) is 1. The number of nitrogens with one attached hydrogen (secondary N) is 1. The molecular formula is C14H20N2O3S. The molecule has 6 heteroatoms. The molecule has 2 unspecified atom stereocenters. The maximum atomic E-state index is 12.2. The van der Waals surface area contributed by atoms with E-state index in [0.717, 1.165) is 24.1 Å². The summed E-state index contributed by atoms with van der Waals surface area (Å²) in [5.74, 6) is -0.655. The minimum absolute atomic E-state index is 0.0814. The lowest BCUT2D eigenvalue weighted by molar-refractivity contribution is -0.120. The van der Waals surface area contributed by atoms with Gasteiger partial charge in [0.25, 0.3) is 0 Å². The molecule has 1 heterocycles. The molecule has 0 bridgehead atoms. The molecule has 1 aromatic heterocycles. The van der Waals surface area contributed by atoms with Gasteiger partial charge in [-0.25, -0.2) is 4.79 Å². The second-order valence-corrected chi connectivity index (χ2v) is 6.27. The SMILES string of the molecule is CCOC(=O)c1cc(C)sc1NC(=O)C1CCCC1N. The van der Waals surface area contributed by atoms with Crippen molar-refractivity contribution in [1.29, 1.82) is 0 Å². The van der Waals surface area contributed by atoms with E-state index in [1.165, 1.54) is 11.3 Å². The minimum atomic E-state index is -0.400. The van der Waals surface area contributed by atoms with E-state index in [-0.39, 0.29) is 17.9 Å². The largest absolute Gasteiger partial charge is 0.462 e. The van der Waals surface area contributed by atoms with E-state index in [2.05, 4.69) is 5.32 Å². The lowest BCUT2D eigenvalue weighted by Gasteiger charge is -2.14. The Morgan fingerprint density at radius 3 is 2.85 bits per heavy atom. The quantitative estimate of drug-likeness (QED) is 0.835. The Kier molecular flexibility index (Phi) is 4.77. The first-order valence-corrected chi connectivity index (χ1v) is 7.68. The summed E-state index contributed by atoms with van der Waals surface area (Å²) in [6, 6.07) is 1.66. The number of amides is 1. The summed E-state index contributed by atoms with van der Waals surface area (Å²) in [6.45, 7) is 3.96. The normalized spacial score (nSPS) is 21.8. The fraction of sp³-hybridized carbons (Fsp3) is 0.571. The van der Waals surface area contributed by atoms with Gasteiger partial charge < -0.3 is 15.8 Å². The molecule has 1 saturated carbocycles. The zero-order valence-corrected chi connectivity index (χ0v) is 12.6. The number of carbonyl (C=O) groups excluding carboxylic acids is 2. The Balaban J connectivity index is 2.12. The van der Waals surface area contributed by atoms with Gasteiger partial charge in [-0.05, 0) is 32.8 Å². The van der Waals surface area contributed by atoms with Crippen molar-refractivity contribution in [2.24, 2.45) is 11.7 Å². The standard InChI is InChI=1S/C14H20N2O3S/c1-3-19-14(18)10-7-8(2)20-13(10)16-12(17)9-5-4-6-11(9)15/h7,9,11H,3-6,15H2,1-2H3,(H,16,17). The van der Waals surface area contributed by atoms with Crippen LogP contribution in [0, 0.1) is 12.8 Å². The molecular weight excluding hydrogens is 276 g/mol. The molecule has 0 saturated heterocycles. The summed E-state index contributed by atoms with van der Waals surface area (Å²) in [6.07, 6.45) is 2.67. The maximum absolute atomic E-state index is 12.2. The van der Waals surface area contributed by atoms with Crippen molar-refractivity contribution in [3.63, 3.8) is 0 Å². The highest BCUT2D eigenvalue weighted by atomic mass is 32.1. The topological polar surface area (TPSA) is 81.4 Å². The van der Waals surface area contributed by atoms with Crippen LogP contribution in [-0.4, -0.2) is 24.5 Å². The molecule has 1 fully saturated rings. The highest BCUT2D eigenvalue weighted by Crippen LogP contribution is 2.31. The van der Waals surface area contributed by atoms with Gasteiger partial charge in [-0.2, -0.15) is 0 Å². The van der Waals surface area contributed by atoms with Gasteiger partial charge in [0.1, 0.15) is 5.00 Å². The number of hydrogen-bond donors (Lipinski definition) is 2. The number of nitrogens with two attached hydrogens (primary N) is 1. The predicted octanol–water partition coefficient (Wildman–Crippen LogP) is 2.30. The van der Waals surface area contributed by atoms with Gasteiger partial charge in [0.05, 0.1) is 18.1 Å². The Labute approximate surface area is 122 Å². The van der Waals surface area contributed by atoms with Crippen molar-refractivity contribution in [2.45, 2.75) is 39.2 Å². The van der Waals surface area contributed by atoms with Crippen LogP contribution in [-0.2, 0) is 9.53 Å². The van der Waals surface area contributed by atoms with Crippen LogP contribution in [0.2, 0.25) is 0 Å². The van der Waals surface area contributed by atoms with Crippen molar-refractivity contribution in [3.8, 4) is 0 Å². The van der Waals surface area contributed by atoms with Crippen LogP contribution >= 0.6 is 11.3 Å². The van der Waals surface area contributed by atoms with Crippen LogP contribution in [0.4, 0.5) is 5.00 Å². The molecule has 3 N–H and O–H groups in total. The number of anilines is 1. The van der Waals surface area contributed by atoms with Gasteiger partial charge in [0, 0.05) is 10.9 Å². The summed E-state index contributed by atoms with van der Waals surface area (Å²) < 4.78 is 5.00. The molecule has 1 aliphatic rings. The zero-order valence-electron chi connectivity index (χ0n) is 11.8. The Hall–Kier alpha value is -1.40. The van der Waals surface area contributed by atoms with Gasteiger partial charge in [-0.1, -0.05) is 6.42 Å². The van der Waals surface area contributed by atoms with Crippen LogP contribution in [0.15, 0.2) is 6.07 Å². The monoisotopic (exact) mass is 296 g/mol. The number of rotatable bonds is 4. The van der Waals surface area contributed by atoms with Gasteiger partial charge in [-0.15, -0.1) is 11.3 Å². The van der Waals surface area contributed by atoms with Crippen molar-refractivity contribution in [2.75, 3.05) is 11.9 Å². The second kappa shape index (κ2) is 6.37. The van der Waals surface area contributed by atoms with Crippen LogP contribution in [0.5, 0.6) is 0 Å². The third-order valence-electron chi connectivity index (χ3n) is 3.49. The number of esters is 1. The average Bonchev–Trinajstić information content (AvgIpc) is 2.96. The van der Waals surface area contributed by atoms with Crippen LogP contribution in [0.25, 0.3) is 0 Å². The third kappa shape index (κ3) is 3.19. The summed E-state index contributed by atoms with van der Waals surface area (Å²) in [7, 11) is 0. The summed E-state index contributed by atoms with van der Waals surface area (Å²) in [5.41, 5.74) is 6.36. The van der Waals surface area contributed by atoms with E-state index in [4.69, 9.17) is 10.5 Å². The Morgan fingerprint density at radius 1 is 1.50 bits per heavy atom. The van der Waals surface area contributed by atoms with E-state index < -0.39 is 5.97 Å². The molecule has 0 aromatic carbocycles. The first-order valence-electron chi connectivity index (χ1n) is 6.87. The number of aryl methyl sites for hydroxylation is 1. The molecule has 1 aliphatic carbocycles. The number of carbonyl (C=O) groups is 2. The van der Waals surface area contributed by atoms with Crippen LogP contribution in [0.3, 0.4) is 0 Å². The van der Waals surface area contributed by atoms with E-state index in [0.29, 0.717) is 17.2 Å². The third-order valence-corrected chi connectivity index (χ3v) is 4.46. The smallest absolute Gasteiger partial charge is 0.341 e. The summed E-state index contributed by atoms with van der Waals surface area (Å²) in [4.78, 5) is 25.0. The van der Waals surface area contributed by atoms with Crippen molar-refractivity contribution < 1.29 is 14.3 Å². The highest BCUT2D eigenvalue weighted by Gasteiger charge is 2.31. The van der Waals surface area contributed by atoms with Crippen molar-refractivity contribution in [3.05, 3.63) is 16.5 Å². The molecule has 110 valence electrons. The molecule has 0 aliphatic heterocycles. The molecule has 0 spiro atoms. The molecule has 5 nitrogen and oxygen atoms in total. The predicted molar refractivity (Wildman–Crippen MR) is 79.0 cm³/mol. The minimum Gasteiger partial charge on any atom is -0.462 e.